The first-order valence-electron chi connectivity index (χ1n) is 4.10. The van der Waals surface area contributed by atoms with Gasteiger partial charge in [0, 0.05) is 6.08 Å². The molecular weight excluding hydrogens is 180 g/mol. The number of carboxylic acid groups (broad SMARTS) is 1. The van der Waals surface area contributed by atoms with Gasteiger partial charge in [0.05, 0.1) is 17.4 Å². The van der Waals surface area contributed by atoms with Crippen molar-refractivity contribution in [2.24, 2.45) is 0 Å². The van der Waals surface area contributed by atoms with Gasteiger partial charge in [-0.25, -0.2) is 9.78 Å². The molecule has 0 unspecified atom stereocenters. The first kappa shape index (κ1) is 8.50. The van der Waals surface area contributed by atoms with Crippen molar-refractivity contribution in [2.75, 3.05) is 0 Å². The number of hydrogen-bond acceptors (Lipinski definition) is 2. The lowest BCUT2D eigenvalue weighted by Gasteiger charge is -1.92. The minimum atomic E-state index is -0.949. The molecule has 0 radical (unpaired) electrons. The summed E-state index contributed by atoms with van der Waals surface area (Å²) in [7, 11) is 0. The van der Waals surface area contributed by atoms with Crippen molar-refractivity contribution in [1.29, 1.82) is 0 Å². The highest BCUT2D eigenvalue weighted by molar-refractivity contribution is 5.86. The van der Waals surface area contributed by atoms with Crippen molar-refractivity contribution >= 4 is 23.1 Å². The molecule has 0 atom stereocenters. The first-order valence-corrected chi connectivity index (χ1v) is 4.10. The third kappa shape index (κ3) is 1.64. The van der Waals surface area contributed by atoms with Crippen LogP contribution in [0.25, 0.3) is 17.1 Å². The Morgan fingerprint density at radius 2 is 2.36 bits per heavy atom. The summed E-state index contributed by atoms with van der Waals surface area (Å²) < 4.78 is 0. The van der Waals surface area contributed by atoms with E-state index < -0.39 is 5.97 Å². The summed E-state index contributed by atoms with van der Waals surface area (Å²) in [6.07, 6.45) is 4.26. The molecule has 2 rings (SSSR count). The Balaban J connectivity index is 2.39. The molecule has 0 aliphatic heterocycles. The molecule has 0 saturated carbocycles. The average molecular weight is 188 g/mol. The second-order valence-electron chi connectivity index (χ2n) is 2.85. The predicted molar refractivity (Wildman–Crippen MR) is 52.8 cm³/mol. The van der Waals surface area contributed by atoms with Gasteiger partial charge in [0.2, 0.25) is 0 Å². The lowest BCUT2D eigenvalue weighted by Crippen LogP contribution is -1.85. The molecule has 0 bridgehead atoms. The van der Waals surface area contributed by atoms with Gasteiger partial charge in [0.1, 0.15) is 0 Å². The normalized spacial score (nSPS) is 11.1. The number of carbonyl (C=O) groups is 1. The summed E-state index contributed by atoms with van der Waals surface area (Å²) in [5, 5.41) is 8.44. The molecule has 1 aromatic heterocycles. The molecule has 0 spiro atoms. The lowest BCUT2D eigenvalue weighted by atomic mass is 10.2. The summed E-state index contributed by atoms with van der Waals surface area (Å²) in [5.74, 6) is -0.949. The topological polar surface area (TPSA) is 66.0 Å². The van der Waals surface area contributed by atoms with Gasteiger partial charge in [-0.1, -0.05) is 6.07 Å². The largest absolute Gasteiger partial charge is 0.478 e. The monoisotopic (exact) mass is 188 g/mol. The van der Waals surface area contributed by atoms with Crippen molar-refractivity contribution in [3.63, 3.8) is 0 Å². The van der Waals surface area contributed by atoms with Crippen LogP contribution in [0.3, 0.4) is 0 Å². The molecule has 4 heteroatoms. The molecular formula is C10H8N2O2. The van der Waals surface area contributed by atoms with Gasteiger partial charge in [-0.05, 0) is 23.8 Å². The average Bonchev–Trinajstić information content (AvgIpc) is 2.61. The highest BCUT2D eigenvalue weighted by Crippen LogP contribution is 2.12. The van der Waals surface area contributed by atoms with Crippen LogP contribution in [0.2, 0.25) is 0 Å². The number of rotatable bonds is 2. The van der Waals surface area contributed by atoms with Crippen LogP contribution in [-0.4, -0.2) is 21.0 Å². The number of aliphatic carboxylic acids is 1. The number of fused-ring (bicyclic) bond motifs is 1. The zero-order valence-corrected chi connectivity index (χ0v) is 7.27. The Kier molecular flexibility index (Phi) is 2.02. The van der Waals surface area contributed by atoms with Crippen molar-refractivity contribution < 1.29 is 9.90 Å². The Labute approximate surface area is 79.9 Å². The fraction of sp³-hybridized carbons (Fsp3) is 0. The minimum absolute atomic E-state index is 0.837. The SMILES string of the molecule is O=C(O)/C=C/c1ccc2nc[nH]c2c1. The summed E-state index contributed by atoms with van der Waals surface area (Å²) in [6, 6.07) is 5.51. The van der Waals surface area contributed by atoms with Crippen molar-refractivity contribution in [2.45, 2.75) is 0 Å². The van der Waals surface area contributed by atoms with Crippen LogP contribution in [0.4, 0.5) is 0 Å². The summed E-state index contributed by atoms with van der Waals surface area (Å²) in [4.78, 5) is 17.3. The molecule has 0 saturated heterocycles. The van der Waals surface area contributed by atoms with Crippen LogP contribution >= 0.6 is 0 Å². The smallest absolute Gasteiger partial charge is 0.328 e. The van der Waals surface area contributed by atoms with Gasteiger partial charge in [0.15, 0.2) is 0 Å². The number of aromatic amines is 1. The maximum atomic E-state index is 10.3. The van der Waals surface area contributed by atoms with Crippen LogP contribution in [-0.2, 0) is 4.79 Å². The number of imidazole rings is 1. The van der Waals surface area contributed by atoms with Crippen molar-refractivity contribution in [3.05, 3.63) is 36.2 Å². The van der Waals surface area contributed by atoms with E-state index in [9.17, 15) is 4.79 Å². The zero-order chi connectivity index (χ0) is 9.97. The molecule has 0 amide bonds. The Bertz CT molecular complexity index is 500. The second kappa shape index (κ2) is 3.33. The van der Waals surface area contributed by atoms with Crippen LogP contribution in [0.15, 0.2) is 30.6 Å². The fourth-order valence-corrected chi connectivity index (χ4v) is 1.22. The van der Waals surface area contributed by atoms with E-state index in [1.54, 1.807) is 12.4 Å². The van der Waals surface area contributed by atoms with Crippen LogP contribution in [0, 0.1) is 0 Å². The second-order valence-corrected chi connectivity index (χ2v) is 2.85. The van der Waals surface area contributed by atoms with Crippen LogP contribution in [0.5, 0.6) is 0 Å². The summed E-state index contributed by atoms with van der Waals surface area (Å²) in [6.45, 7) is 0. The Hall–Kier alpha value is -2.10. The number of nitrogens with zero attached hydrogens (tertiary/aromatic N) is 1. The van der Waals surface area contributed by atoms with E-state index >= 15 is 0 Å². The quantitative estimate of drug-likeness (QED) is 0.704. The summed E-state index contributed by atoms with van der Waals surface area (Å²) in [5.41, 5.74) is 2.61. The van der Waals surface area contributed by atoms with Gasteiger partial charge in [-0.2, -0.15) is 0 Å². The summed E-state index contributed by atoms with van der Waals surface area (Å²) >= 11 is 0. The maximum absolute atomic E-state index is 10.3. The van der Waals surface area contributed by atoms with Gasteiger partial charge in [0.25, 0.3) is 0 Å². The number of aromatic nitrogens is 2. The highest BCUT2D eigenvalue weighted by atomic mass is 16.4. The van der Waals surface area contributed by atoms with E-state index in [1.165, 1.54) is 0 Å². The lowest BCUT2D eigenvalue weighted by molar-refractivity contribution is -0.131. The number of hydrogen-bond donors (Lipinski definition) is 2. The van der Waals surface area contributed by atoms with Gasteiger partial charge < -0.3 is 10.1 Å². The van der Waals surface area contributed by atoms with E-state index in [-0.39, 0.29) is 0 Å². The van der Waals surface area contributed by atoms with Crippen LogP contribution < -0.4 is 0 Å². The van der Waals surface area contributed by atoms with E-state index in [2.05, 4.69) is 9.97 Å². The van der Waals surface area contributed by atoms with Crippen LogP contribution in [0.1, 0.15) is 5.56 Å². The maximum Gasteiger partial charge on any atom is 0.328 e. The predicted octanol–water partition coefficient (Wildman–Crippen LogP) is 1.66. The zero-order valence-electron chi connectivity index (χ0n) is 7.27. The third-order valence-corrected chi connectivity index (χ3v) is 1.86. The Morgan fingerprint density at radius 1 is 1.50 bits per heavy atom. The molecule has 2 aromatic rings. The number of carboxylic acids is 1. The molecule has 1 heterocycles. The molecule has 70 valence electrons. The van der Waals surface area contributed by atoms with Crippen molar-refractivity contribution in [1.82, 2.24) is 9.97 Å². The number of benzene rings is 1. The van der Waals surface area contributed by atoms with E-state index in [0.717, 1.165) is 22.7 Å². The molecule has 0 aliphatic carbocycles. The first-order chi connectivity index (χ1) is 6.75. The highest BCUT2D eigenvalue weighted by Gasteiger charge is 1.95. The molecule has 0 aliphatic rings. The molecule has 14 heavy (non-hydrogen) atoms. The van der Waals surface area contributed by atoms with Gasteiger partial charge >= 0.3 is 5.97 Å². The molecule has 4 nitrogen and oxygen atoms in total. The minimum Gasteiger partial charge on any atom is -0.478 e. The number of nitrogens with one attached hydrogen (secondary N) is 1. The van der Waals surface area contributed by atoms with Crippen molar-refractivity contribution in [3.8, 4) is 0 Å². The number of H-pyrrole nitrogens is 1. The van der Waals surface area contributed by atoms with E-state index in [0.29, 0.717) is 0 Å². The third-order valence-electron chi connectivity index (χ3n) is 1.86. The fourth-order valence-electron chi connectivity index (χ4n) is 1.22. The van der Waals surface area contributed by atoms with Gasteiger partial charge in [-0.3, -0.25) is 0 Å². The van der Waals surface area contributed by atoms with Gasteiger partial charge in [-0.15, -0.1) is 0 Å². The molecule has 0 fully saturated rings. The Morgan fingerprint density at radius 3 is 3.14 bits per heavy atom. The standard InChI is InChI=1S/C10H8N2O2/c13-10(14)4-2-7-1-3-8-9(5-7)12-6-11-8/h1-6H,(H,11,12)(H,13,14)/b4-2+. The van der Waals surface area contributed by atoms with E-state index in [1.807, 2.05) is 18.2 Å². The molecule has 1 aromatic carbocycles. The van der Waals surface area contributed by atoms with E-state index in [4.69, 9.17) is 5.11 Å². The molecule has 2 N–H and O–H groups in total.